The fourth-order valence-corrected chi connectivity index (χ4v) is 1.97. The second-order valence-corrected chi connectivity index (χ2v) is 4.46. The molecule has 1 aliphatic heterocycles. The van der Waals surface area contributed by atoms with Crippen LogP contribution >= 0.6 is 0 Å². The van der Waals surface area contributed by atoms with Gasteiger partial charge in [0.25, 0.3) is 0 Å². The lowest BCUT2D eigenvalue weighted by atomic mass is 10.1. The van der Waals surface area contributed by atoms with Crippen LogP contribution in [0.15, 0.2) is 12.7 Å². The summed E-state index contributed by atoms with van der Waals surface area (Å²) < 4.78 is 5.21. The average molecular weight is 240 g/mol. The van der Waals surface area contributed by atoms with Crippen molar-refractivity contribution in [2.45, 2.75) is 25.7 Å². The minimum absolute atomic E-state index is 0.137. The largest absolute Gasteiger partial charge is 0.377 e. The highest BCUT2D eigenvalue weighted by Crippen LogP contribution is 2.10. The number of ether oxygens (including phenoxy) is 1. The standard InChI is InChI=1S/C13H24N2O2/c1-2-9-17-10-3-4-13(16)15-8-6-12-5-7-14-11-12/h2,12,14H,1,3-11H2,(H,15,16). The first-order valence-corrected chi connectivity index (χ1v) is 6.49. The molecule has 0 radical (unpaired) electrons. The van der Waals surface area contributed by atoms with Crippen LogP contribution in [0, 0.1) is 5.92 Å². The van der Waals surface area contributed by atoms with Crippen molar-refractivity contribution in [1.82, 2.24) is 10.6 Å². The molecule has 1 unspecified atom stereocenters. The third-order valence-corrected chi connectivity index (χ3v) is 2.97. The predicted octanol–water partition coefficient (Wildman–Crippen LogP) is 1.08. The van der Waals surface area contributed by atoms with Crippen LogP contribution < -0.4 is 10.6 Å². The molecule has 1 amide bonds. The molecule has 1 rings (SSSR count). The molecule has 1 atom stereocenters. The Labute approximate surface area is 104 Å². The van der Waals surface area contributed by atoms with Crippen molar-refractivity contribution in [3.05, 3.63) is 12.7 Å². The van der Waals surface area contributed by atoms with E-state index in [1.165, 1.54) is 6.42 Å². The second kappa shape index (κ2) is 9.19. The molecule has 0 aromatic rings. The second-order valence-electron chi connectivity index (χ2n) is 4.46. The van der Waals surface area contributed by atoms with Crippen LogP contribution in [0.4, 0.5) is 0 Å². The Morgan fingerprint density at radius 1 is 1.59 bits per heavy atom. The lowest BCUT2D eigenvalue weighted by Gasteiger charge is -2.09. The Hall–Kier alpha value is -0.870. The number of nitrogens with one attached hydrogen (secondary N) is 2. The summed E-state index contributed by atoms with van der Waals surface area (Å²) in [6.07, 6.45) is 5.39. The Balaban J connectivity index is 1.88. The maximum atomic E-state index is 11.4. The summed E-state index contributed by atoms with van der Waals surface area (Å²) in [6, 6.07) is 0. The molecular formula is C13H24N2O2. The number of carbonyl (C=O) groups excluding carboxylic acids is 1. The van der Waals surface area contributed by atoms with Crippen molar-refractivity contribution >= 4 is 5.91 Å². The van der Waals surface area contributed by atoms with Gasteiger partial charge in [-0.3, -0.25) is 4.79 Å². The van der Waals surface area contributed by atoms with Crippen molar-refractivity contribution in [3.63, 3.8) is 0 Å². The van der Waals surface area contributed by atoms with Crippen molar-refractivity contribution in [2.75, 3.05) is 32.8 Å². The van der Waals surface area contributed by atoms with Gasteiger partial charge in [0.1, 0.15) is 0 Å². The van der Waals surface area contributed by atoms with Gasteiger partial charge in [0, 0.05) is 19.6 Å². The van der Waals surface area contributed by atoms with Crippen LogP contribution in [0.5, 0.6) is 0 Å². The maximum Gasteiger partial charge on any atom is 0.220 e. The van der Waals surface area contributed by atoms with Crippen molar-refractivity contribution in [2.24, 2.45) is 5.92 Å². The summed E-state index contributed by atoms with van der Waals surface area (Å²) >= 11 is 0. The zero-order valence-electron chi connectivity index (χ0n) is 10.5. The smallest absolute Gasteiger partial charge is 0.220 e. The van der Waals surface area contributed by atoms with E-state index in [4.69, 9.17) is 4.74 Å². The van der Waals surface area contributed by atoms with E-state index < -0.39 is 0 Å². The average Bonchev–Trinajstić information content (AvgIpc) is 2.82. The molecule has 0 aliphatic carbocycles. The summed E-state index contributed by atoms with van der Waals surface area (Å²) in [4.78, 5) is 11.4. The monoisotopic (exact) mass is 240 g/mol. The highest BCUT2D eigenvalue weighted by Gasteiger charge is 2.13. The fourth-order valence-electron chi connectivity index (χ4n) is 1.97. The van der Waals surface area contributed by atoms with E-state index in [1.54, 1.807) is 6.08 Å². The molecule has 0 aromatic carbocycles. The molecule has 4 heteroatoms. The number of hydrogen-bond donors (Lipinski definition) is 2. The van der Waals surface area contributed by atoms with Gasteiger partial charge in [-0.05, 0) is 38.3 Å². The molecule has 1 heterocycles. The van der Waals surface area contributed by atoms with E-state index in [0.717, 1.165) is 38.4 Å². The minimum atomic E-state index is 0.137. The van der Waals surface area contributed by atoms with Gasteiger partial charge in [-0.1, -0.05) is 6.08 Å². The lowest BCUT2D eigenvalue weighted by molar-refractivity contribution is -0.121. The first kappa shape index (κ1) is 14.2. The highest BCUT2D eigenvalue weighted by atomic mass is 16.5. The van der Waals surface area contributed by atoms with Crippen molar-refractivity contribution in [1.29, 1.82) is 0 Å². The van der Waals surface area contributed by atoms with E-state index in [2.05, 4.69) is 17.2 Å². The minimum Gasteiger partial charge on any atom is -0.377 e. The molecule has 1 fully saturated rings. The Morgan fingerprint density at radius 3 is 3.18 bits per heavy atom. The number of rotatable bonds is 9. The van der Waals surface area contributed by atoms with Gasteiger partial charge in [0.15, 0.2) is 0 Å². The van der Waals surface area contributed by atoms with Crippen LogP contribution in [-0.2, 0) is 9.53 Å². The molecular weight excluding hydrogens is 216 g/mol. The first-order valence-electron chi connectivity index (χ1n) is 6.49. The van der Waals surface area contributed by atoms with Crippen LogP contribution in [0.25, 0.3) is 0 Å². The Bertz CT molecular complexity index is 225. The van der Waals surface area contributed by atoms with Crippen LogP contribution in [0.3, 0.4) is 0 Å². The van der Waals surface area contributed by atoms with Crippen LogP contribution in [0.2, 0.25) is 0 Å². The van der Waals surface area contributed by atoms with Gasteiger partial charge >= 0.3 is 0 Å². The van der Waals surface area contributed by atoms with E-state index in [9.17, 15) is 4.79 Å². The van der Waals surface area contributed by atoms with E-state index in [0.29, 0.717) is 19.6 Å². The first-order chi connectivity index (χ1) is 8.33. The zero-order valence-corrected chi connectivity index (χ0v) is 10.5. The molecule has 1 aliphatic rings. The van der Waals surface area contributed by atoms with Gasteiger partial charge in [0.2, 0.25) is 5.91 Å². The van der Waals surface area contributed by atoms with E-state index >= 15 is 0 Å². The molecule has 2 N–H and O–H groups in total. The maximum absolute atomic E-state index is 11.4. The number of carbonyl (C=O) groups is 1. The highest BCUT2D eigenvalue weighted by molar-refractivity contribution is 5.75. The van der Waals surface area contributed by atoms with Crippen LogP contribution in [-0.4, -0.2) is 38.8 Å². The summed E-state index contributed by atoms with van der Waals surface area (Å²) in [7, 11) is 0. The molecule has 4 nitrogen and oxygen atoms in total. The molecule has 0 saturated carbocycles. The molecule has 0 spiro atoms. The normalized spacial score (nSPS) is 19.2. The van der Waals surface area contributed by atoms with E-state index in [1.807, 2.05) is 0 Å². The van der Waals surface area contributed by atoms with Crippen LogP contribution in [0.1, 0.15) is 25.7 Å². The van der Waals surface area contributed by atoms with Gasteiger partial charge < -0.3 is 15.4 Å². The van der Waals surface area contributed by atoms with E-state index in [-0.39, 0.29) is 5.91 Å². The predicted molar refractivity (Wildman–Crippen MR) is 68.9 cm³/mol. The van der Waals surface area contributed by atoms with Crippen molar-refractivity contribution < 1.29 is 9.53 Å². The molecule has 98 valence electrons. The summed E-state index contributed by atoms with van der Waals surface area (Å²) in [5, 5.41) is 6.29. The molecule has 0 aromatic heterocycles. The number of hydrogen-bond acceptors (Lipinski definition) is 3. The fraction of sp³-hybridized carbons (Fsp3) is 0.769. The Morgan fingerprint density at radius 2 is 2.47 bits per heavy atom. The third kappa shape index (κ3) is 7.13. The summed E-state index contributed by atoms with van der Waals surface area (Å²) in [5.41, 5.74) is 0. The van der Waals surface area contributed by atoms with Gasteiger partial charge in [-0.2, -0.15) is 0 Å². The summed E-state index contributed by atoms with van der Waals surface area (Å²) in [6.45, 7) is 7.79. The molecule has 17 heavy (non-hydrogen) atoms. The molecule has 1 saturated heterocycles. The molecule has 0 bridgehead atoms. The van der Waals surface area contributed by atoms with Gasteiger partial charge in [0.05, 0.1) is 6.61 Å². The quantitative estimate of drug-likeness (QED) is 0.468. The number of amides is 1. The van der Waals surface area contributed by atoms with Crippen molar-refractivity contribution in [3.8, 4) is 0 Å². The zero-order chi connectivity index (χ0) is 12.3. The lowest BCUT2D eigenvalue weighted by Crippen LogP contribution is -2.26. The Kier molecular flexibility index (Phi) is 7.67. The summed E-state index contributed by atoms with van der Waals surface area (Å²) in [5.74, 6) is 0.879. The van der Waals surface area contributed by atoms with Gasteiger partial charge in [-0.25, -0.2) is 0 Å². The topological polar surface area (TPSA) is 50.4 Å². The third-order valence-electron chi connectivity index (χ3n) is 2.97. The van der Waals surface area contributed by atoms with Gasteiger partial charge in [-0.15, -0.1) is 6.58 Å². The SMILES string of the molecule is C=CCOCCCC(=O)NCCC1CCNC1.